The number of aliphatic hydroxyl groups is 1. The molecule has 0 aromatic carbocycles. The third-order valence-electron chi connectivity index (χ3n) is 3.01. The van der Waals surface area contributed by atoms with E-state index >= 15 is 0 Å². The van der Waals surface area contributed by atoms with E-state index in [9.17, 15) is 14.7 Å². The molecule has 3 rings (SSSR count). The van der Waals surface area contributed by atoms with Crippen LogP contribution in [0.5, 0.6) is 5.88 Å². The predicted molar refractivity (Wildman–Crippen MR) is 56.2 cm³/mol. The van der Waals surface area contributed by atoms with Gasteiger partial charge in [0.2, 0.25) is 11.6 Å². The van der Waals surface area contributed by atoms with Gasteiger partial charge in [-0.1, -0.05) is 0 Å². The second-order valence-corrected chi connectivity index (χ2v) is 4.16. The van der Waals surface area contributed by atoms with Gasteiger partial charge in [0, 0.05) is 6.42 Å². The van der Waals surface area contributed by atoms with Crippen LogP contribution in [0.25, 0.3) is 0 Å². The summed E-state index contributed by atoms with van der Waals surface area (Å²) in [5.41, 5.74) is 5.10. The first kappa shape index (κ1) is 11.1. The number of aliphatic hydroxyl groups excluding tert-OH is 1. The molecule has 96 valence electrons. The first-order valence-electron chi connectivity index (χ1n) is 5.34. The zero-order valence-electron chi connectivity index (χ0n) is 9.12. The summed E-state index contributed by atoms with van der Waals surface area (Å²) in [6.07, 6.45) is -1.78. The van der Waals surface area contributed by atoms with Crippen molar-refractivity contribution >= 4 is 5.69 Å². The molecule has 1 aromatic heterocycles. The molecule has 3 N–H and O–H groups in total. The van der Waals surface area contributed by atoms with Crippen LogP contribution in [-0.2, 0) is 4.74 Å². The Kier molecular flexibility index (Phi) is 2.31. The second-order valence-electron chi connectivity index (χ2n) is 4.16. The molecule has 1 saturated heterocycles. The van der Waals surface area contributed by atoms with Gasteiger partial charge in [0.05, 0.1) is 6.10 Å². The van der Waals surface area contributed by atoms with Gasteiger partial charge in [0.15, 0.2) is 6.23 Å². The number of hydrogen-bond acceptors (Lipinski definition) is 7. The predicted octanol–water partition coefficient (Wildman–Crippen LogP) is -0.760. The lowest BCUT2D eigenvalue weighted by Gasteiger charge is -2.19. The van der Waals surface area contributed by atoms with Crippen LogP contribution in [0, 0.1) is 5.53 Å². The number of nitrogens with one attached hydrogen (secondary N) is 2. The van der Waals surface area contributed by atoms with E-state index in [-0.39, 0.29) is 24.3 Å². The Morgan fingerprint density at radius 3 is 3.00 bits per heavy atom. The van der Waals surface area contributed by atoms with Crippen molar-refractivity contribution in [1.82, 2.24) is 9.55 Å². The summed E-state index contributed by atoms with van der Waals surface area (Å²) in [4.78, 5) is 25.3. The number of fused-ring (bicyclic) bond motifs is 4. The molecule has 9 heteroatoms. The SMILES string of the molecule is N=Nc1c2n(c(=O)[nH]c1=O)[C@H]1O[C@H](CO2)CC1O. The summed E-state index contributed by atoms with van der Waals surface area (Å²) >= 11 is 0. The first-order chi connectivity index (χ1) is 8.61. The standard InChI is InChI=1S/C9H10N4O5/c10-12-5-6(15)11-9(16)13-7-4(14)1-3(18-7)2-17-8(5)13/h3-4,7,10,14H,1-2H2,(H,11,15,16)/t3-,4?,7-/m0/s1. The van der Waals surface area contributed by atoms with Crippen LogP contribution in [0.1, 0.15) is 12.6 Å². The van der Waals surface area contributed by atoms with Crippen molar-refractivity contribution in [2.75, 3.05) is 6.61 Å². The molecule has 18 heavy (non-hydrogen) atoms. The Morgan fingerprint density at radius 2 is 2.28 bits per heavy atom. The lowest BCUT2D eigenvalue weighted by atomic mass is 10.2. The van der Waals surface area contributed by atoms with Crippen LogP contribution in [0.2, 0.25) is 0 Å². The van der Waals surface area contributed by atoms with Crippen molar-refractivity contribution < 1.29 is 14.6 Å². The monoisotopic (exact) mass is 254 g/mol. The molecule has 2 bridgehead atoms. The third kappa shape index (κ3) is 1.41. The van der Waals surface area contributed by atoms with Crippen LogP contribution in [0.4, 0.5) is 5.69 Å². The zero-order chi connectivity index (χ0) is 12.9. The van der Waals surface area contributed by atoms with Crippen LogP contribution >= 0.6 is 0 Å². The number of hydrogen-bond donors (Lipinski definition) is 3. The quantitative estimate of drug-likeness (QED) is 0.567. The number of aromatic nitrogens is 2. The van der Waals surface area contributed by atoms with Crippen molar-refractivity contribution in [2.45, 2.75) is 24.9 Å². The normalized spacial score (nSPS) is 29.3. The summed E-state index contributed by atoms with van der Waals surface area (Å²) in [5, 5.41) is 12.9. The first-order valence-corrected chi connectivity index (χ1v) is 5.34. The molecule has 0 spiro atoms. The lowest BCUT2D eigenvalue weighted by Crippen LogP contribution is -2.36. The molecule has 2 aliphatic rings. The molecule has 9 nitrogen and oxygen atoms in total. The maximum absolute atomic E-state index is 11.8. The maximum atomic E-state index is 11.8. The Morgan fingerprint density at radius 1 is 1.50 bits per heavy atom. The molecule has 1 aromatic rings. The Hall–Kier alpha value is -2.00. The van der Waals surface area contributed by atoms with Gasteiger partial charge in [0.25, 0.3) is 5.56 Å². The van der Waals surface area contributed by atoms with Crippen molar-refractivity contribution in [1.29, 1.82) is 5.53 Å². The van der Waals surface area contributed by atoms with Gasteiger partial charge in [-0.2, -0.15) is 0 Å². The van der Waals surface area contributed by atoms with Crippen molar-refractivity contribution in [3.8, 4) is 5.88 Å². The molecule has 3 heterocycles. The van der Waals surface area contributed by atoms with Gasteiger partial charge in [-0.25, -0.2) is 14.9 Å². The minimum atomic E-state index is -0.919. The van der Waals surface area contributed by atoms with E-state index in [4.69, 9.17) is 15.0 Å². The average molecular weight is 254 g/mol. The summed E-state index contributed by atoms with van der Waals surface area (Å²) in [6, 6.07) is 0. The molecule has 0 aliphatic carbocycles. The van der Waals surface area contributed by atoms with E-state index in [1.165, 1.54) is 0 Å². The number of H-pyrrole nitrogens is 1. The van der Waals surface area contributed by atoms with E-state index in [2.05, 4.69) is 5.11 Å². The molecular formula is C9H10N4O5. The van der Waals surface area contributed by atoms with E-state index in [1.807, 2.05) is 4.98 Å². The smallest absolute Gasteiger partial charge is 0.333 e. The van der Waals surface area contributed by atoms with Gasteiger partial charge >= 0.3 is 5.69 Å². The van der Waals surface area contributed by atoms with E-state index in [0.717, 1.165) is 4.57 Å². The highest BCUT2D eigenvalue weighted by Crippen LogP contribution is 2.36. The fourth-order valence-electron chi connectivity index (χ4n) is 2.23. The molecule has 0 radical (unpaired) electrons. The van der Waals surface area contributed by atoms with Crippen molar-refractivity contribution in [2.24, 2.45) is 5.11 Å². The Balaban J connectivity index is 2.30. The largest absolute Gasteiger partial charge is 0.474 e. The van der Waals surface area contributed by atoms with Gasteiger partial charge in [-0.05, 0) is 0 Å². The zero-order valence-corrected chi connectivity index (χ0v) is 9.12. The molecule has 3 atom stereocenters. The highest BCUT2D eigenvalue weighted by atomic mass is 16.6. The number of aromatic amines is 1. The minimum absolute atomic E-state index is 0.0962. The molecule has 1 unspecified atom stereocenters. The molecule has 0 saturated carbocycles. The third-order valence-corrected chi connectivity index (χ3v) is 3.01. The highest BCUT2D eigenvalue weighted by Gasteiger charge is 2.41. The Labute approximate surface area is 99.5 Å². The fraction of sp³-hybridized carbons (Fsp3) is 0.556. The van der Waals surface area contributed by atoms with Gasteiger partial charge < -0.3 is 14.6 Å². The highest BCUT2D eigenvalue weighted by molar-refractivity contribution is 5.44. The maximum Gasteiger partial charge on any atom is 0.333 e. The summed E-state index contributed by atoms with van der Waals surface area (Å²) in [5.74, 6) is -0.134. The minimum Gasteiger partial charge on any atom is -0.474 e. The second kappa shape index (κ2) is 3.75. The molecular weight excluding hydrogens is 244 g/mol. The van der Waals surface area contributed by atoms with Gasteiger partial charge in [-0.3, -0.25) is 9.78 Å². The fourth-order valence-corrected chi connectivity index (χ4v) is 2.23. The lowest BCUT2D eigenvalue weighted by molar-refractivity contribution is -0.0336. The molecule has 2 aliphatic heterocycles. The average Bonchev–Trinajstić information content (AvgIpc) is 2.56. The number of rotatable bonds is 1. The van der Waals surface area contributed by atoms with Crippen LogP contribution in [-0.4, -0.2) is 33.5 Å². The van der Waals surface area contributed by atoms with Crippen LogP contribution < -0.4 is 16.0 Å². The molecule has 0 amide bonds. The van der Waals surface area contributed by atoms with Crippen molar-refractivity contribution in [3.63, 3.8) is 0 Å². The van der Waals surface area contributed by atoms with Crippen molar-refractivity contribution in [3.05, 3.63) is 20.8 Å². The summed E-state index contributed by atoms with van der Waals surface area (Å²) < 4.78 is 11.7. The number of nitrogens with zero attached hydrogens (tertiary/aromatic N) is 2. The molecule has 1 fully saturated rings. The van der Waals surface area contributed by atoms with Crippen LogP contribution in [0.15, 0.2) is 14.7 Å². The van der Waals surface area contributed by atoms with Gasteiger partial charge in [0.1, 0.15) is 12.7 Å². The summed E-state index contributed by atoms with van der Waals surface area (Å²) in [7, 11) is 0. The Bertz CT molecular complexity index is 620. The van der Waals surface area contributed by atoms with E-state index < -0.39 is 23.6 Å². The van der Waals surface area contributed by atoms with Gasteiger partial charge in [-0.15, -0.1) is 5.11 Å². The summed E-state index contributed by atoms with van der Waals surface area (Å²) in [6.45, 7) is 0.0962. The van der Waals surface area contributed by atoms with E-state index in [0.29, 0.717) is 6.42 Å². The topological polar surface area (TPSA) is 130 Å². The van der Waals surface area contributed by atoms with E-state index in [1.54, 1.807) is 0 Å². The number of ether oxygens (including phenoxy) is 2. The van der Waals surface area contributed by atoms with Crippen LogP contribution in [0.3, 0.4) is 0 Å².